The van der Waals surface area contributed by atoms with E-state index in [1.54, 1.807) is 0 Å². The second-order valence-corrected chi connectivity index (χ2v) is 6.12. The average Bonchev–Trinajstić information content (AvgIpc) is 2.34. The zero-order valence-corrected chi connectivity index (χ0v) is 10.9. The fraction of sp³-hybridized carbons (Fsp3) is 0.900. The Balaban J connectivity index is 2.32. The molecule has 1 saturated heterocycles. The number of unbranched alkanes of at least 4 members (excludes halogenated alkanes) is 1. The van der Waals surface area contributed by atoms with Crippen LogP contribution in [0.25, 0.3) is 0 Å². The fourth-order valence-electron chi connectivity index (χ4n) is 1.51. The van der Waals surface area contributed by atoms with Crippen LogP contribution >= 0.6 is 0 Å². The third-order valence-electron chi connectivity index (χ3n) is 2.65. The lowest BCUT2D eigenvalue weighted by atomic mass is 10.1. The minimum Gasteiger partial charge on any atom is -0.381 e. The first kappa shape index (κ1) is 14.4. The van der Waals surface area contributed by atoms with Gasteiger partial charge in [0.25, 0.3) is 0 Å². The zero-order chi connectivity index (χ0) is 12.7. The summed E-state index contributed by atoms with van der Waals surface area (Å²) in [5, 5.41) is -0.933. The number of sulfone groups is 1. The standard InChI is InChI=1S/C10H20N2O4S/c1-2-3-8-17(14,15)10(13)12-11-9-4-6-16-7-5-9/h9,11H,2-8H2,1H3,(H,12,13). The lowest BCUT2D eigenvalue weighted by Crippen LogP contribution is -2.48. The smallest absolute Gasteiger partial charge is 0.350 e. The summed E-state index contributed by atoms with van der Waals surface area (Å²) in [6.07, 6.45) is 2.80. The van der Waals surface area contributed by atoms with E-state index in [9.17, 15) is 13.2 Å². The van der Waals surface area contributed by atoms with Gasteiger partial charge in [-0.3, -0.25) is 10.2 Å². The topological polar surface area (TPSA) is 84.5 Å². The summed E-state index contributed by atoms with van der Waals surface area (Å²) in [6, 6.07) is 0.0917. The number of ether oxygens (including phenoxy) is 1. The third kappa shape index (κ3) is 5.01. The number of carbonyl (C=O) groups is 1. The highest BCUT2D eigenvalue weighted by atomic mass is 32.2. The van der Waals surface area contributed by atoms with Crippen LogP contribution in [0, 0.1) is 0 Å². The van der Waals surface area contributed by atoms with Crippen molar-refractivity contribution in [2.75, 3.05) is 19.0 Å². The van der Waals surface area contributed by atoms with Crippen molar-refractivity contribution in [3.63, 3.8) is 0 Å². The van der Waals surface area contributed by atoms with Crippen LogP contribution in [0.2, 0.25) is 0 Å². The first-order valence-electron chi connectivity index (χ1n) is 5.92. The normalized spacial score (nSPS) is 17.9. The number of hydrazine groups is 1. The summed E-state index contributed by atoms with van der Waals surface area (Å²) in [6.45, 7) is 3.15. The Bertz CT molecular complexity index is 336. The maximum atomic E-state index is 11.5. The van der Waals surface area contributed by atoms with Gasteiger partial charge in [-0.1, -0.05) is 13.3 Å². The second kappa shape index (κ2) is 6.93. The molecular formula is C10H20N2O4S. The molecule has 100 valence electrons. The van der Waals surface area contributed by atoms with Crippen LogP contribution < -0.4 is 10.9 Å². The van der Waals surface area contributed by atoms with Gasteiger partial charge in [0.2, 0.25) is 9.84 Å². The molecule has 1 heterocycles. The molecule has 0 unspecified atom stereocenters. The van der Waals surface area contributed by atoms with Gasteiger partial charge >= 0.3 is 5.24 Å². The zero-order valence-electron chi connectivity index (χ0n) is 10.1. The summed E-state index contributed by atoms with van der Waals surface area (Å²) in [5.41, 5.74) is 5.01. The molecule has 0 bridgehead atoms. The fourth-order valence-corrected chi connectivity index (χ4v) is 2.58. The van der Waals surface area contributed by atoms with Gasteiger partial charge in [-0.05, 0) is 19.3 Å². The van der Waals surface area contributed by atoms with Crippen molar-refractivity contribution in [1.29, 1.82) is 0 Å². The minimum absolute atomic E-state index is 0.0917. The van der Waals surface area contributed by atoms with Crippen molar-refractivity contribution in [2.45, 2.75) is 38.6 Å². The predicted molar refractivity (Wildman–Crippen MR) is 64.2 cm³/mol. The van der Waals surface area contributed by atoms with Gasteiger partial charge in [-0.15, -0.1) is 0 Å². The molecule has 1 amide bonds. The first-order chi connectivity index (χ1) is 8.06. The maximum absolute atomic E-state index is 11.5. The summed E-state index contributed by atoms with van der Waals surface area (Å²) < 4.78 is 28.1. The van der Waals surface area contributed by atoms with Gasteiger partial charge in [0.05, 0.1) is 5.75 Å². The van der Waals surface area contributed by atoms with Crippen molar-refractivity contribution >= 4 is 15.1 Å². The van der Waals surface area contributed by atoms with E-state index >= 15 is 0 Å². The molecule has 6 nitrogen and oxygen atoms in total. The Morgan fingerprint density at radius 2 is 2.00 bits per heavy atom. The van der Waals surface area contributed by atoms with Crippen LogP contribution in [0.15, 0.2) is 0 Å². The molecule has 0 spiro atoms. The molecule has 1 rings (SSSR count). The molecular weight excluding hydrogens is 244 g/mol. The predicted octanol–water partition coefficient (Wildman–Crippen LogP) is 0.594. The van der Waals surface area contributed by atoms with Crippen LogP contribution in [0.1, 0.15) is 32.6 Å². The molecule has 1 fully saturated rings. The molecule has 7 heteroatoms. The van der Waals surface area contributed by atoms with Crippen molar-refractivity contribution in [1.82, 2.24) is 10.9 Å². The molecule has 0 aromatic heterocycles. The van der Waals surface area contributed by atoms with Crippen LogP contribution in [0.3, 0.4) is 0 Å². The third-order valence-corrected chi connectivity index (χ3v) is 4.14. The molecule has 0 radical (unpaired) electrons. The number of hydrogen-bond acceptors (Lipinski definition) is 5. The van der Waals surface area contributed by atoms with E-state index in [4.69, 9.17) is 4.74 Å². The summed E-state index contributed by atoms with van der Waals surface area (Å²) in [4.78, 5) is 11.4. The van der Waals surface area contributed by atoms with E-state index in [2.05, 4.69) is 10.9 Å². The van der Waals surface area contributed by atoms with Gasteiger partial charge in [-0.25, -0.2) is 13.8 Å². The second-order valence-electron chi connectivity index (χ2n) is 4.12. The van der Waals surface area contributed by atoms with Gasteiger partial charge in [0.15, 0.2) is 0 Å². The number of nitrogens with one attached hydrogen (secondary N) is 2. The highest BCUT2D eigenvalue weighted by Crippen LogP contribution is 2.05. The average molecular weight is 264 g/mol. The molecule has 0 aliphatic carbocycles. The van der Waals surface area contributed by atoms with Crippen LogP contribution in [-0.4, -0.2) is 38.7 Å². The van der Waals surface area contributed by atoms with Crippen LogP contribution in [-0.2, 0) is 14.6 Å². The lowest BCUT2D eigenvalue weighted by Gasteiger charge is -2.23. The largest absolute Gasteiger partial charge is 0.381 e. The van der Waals surface area contributed by atoms with E-state index in [1.165, 1.54) is 0 Å². The Labute approximate surface area is 102 Å². The van der Waals surface area contributed by atoms with E-state index in [0.29, 0.717) is 19.6 Å². The van der Waals surface area contributed by atoms with Crippen LogP contribution in [0.4, 0.5) is 4.79 Å². The molecule has 1 aliphatic rings. The molecule has 0 atom stereocenters. The summed E-state index contributed by atoms with van der Waals surface area (Å²) >= 11 is 0. The lowest BCUT2D eigenvalue weighted by molar-refractivity contribution is 0.0755. The summed E-state index contributed by atoms with van der Waals surface area (Å²) in [5.74, 6) is -0.0925. The Hall–Kier alpha value is -0.660. The van der Waals surface area contributed by atoms with Gasteiger partial charge < -0.3 is 4.74 Å². The molecule has 0 saturated carbocycles. The van der Waals surface area contributed by atoms with E-state index < -0.39 is 15.1 Å². The number of amides is 1. The number of hydrogen-bond donors (Lipinski definition) is 2. The molecule has 17 heavy (non-hydrogen) atoms. The van der Waals surface area contributed by atoms with E-state index in [1.807, 2.05) is 6.92 Å². The Morgan fingerprint density at radius 3 is 2.59 bits per heavy atom. The Morgan fingerprint density at radius 1 is 1.35 bits per heavy atom. The Kier molecular flexibility index (Phi) is 5.87. The molecule has 2 N–H and O–H groups in total. The molecule has 0 aromatic carbocycles. The van der Waals surface area contributed by atoms with Crippen molar-refractivity contribution in [2.24, 2.45) is 0 Å². The first-order valence-corrected chi connectivity index (χ1v) is 7.57. The quantitative estimate of drug-likeness (QED) is 0.710. The number of rotatable bonds is 5. The monoisotopic (exact) mass is 264 g/mol. The van der Waals surface area contributed by atoms with E-state index in [0.717, 1.165) is 19.3 Å². The van der Waals surface area contributed by atoms with Crippen molar-refractivity contribution in [3.8, 4) is 0 Å². The minimum atomic E-state index is -3.67. The van der Waals surface area contributed by atoms with Crippen LogP contribution in [0.5, 0.6) is 0 Å². The summed E-state index contributed by atoms with van der Waals surface area (Å²) in [7, 11) is -3.67. The maximum Gasteiger partial charge on any atom is 0.350 e. The van der Waals surface area contributed by atoms with E-state index in [-0.39, 0.29) is 11.8 Å². The highest BCUT2D eigenvalue weighted by molar-refractivity contribution is 8.05. The van der Waals surface area contributed by atoms with Gasteiger partial charge in [0.1, 0.15) is 0 Å². The molecule has 0 aromatic rings. The van der Waals surface area contributed by atoms with Crippen molar-refractivity contribution in [3.05, 3.63) is 0 Å². The van der Waals surface area contributed by atoms with Gasteiger partial charge in [0, 0.05) is 19.3 Å². The highest BCUT2D eigenvalue weighted by Gasteiger charge is 2.22. The number of carbonyl (C=O) groups excluding carboxylic acids is 1. The van der Waals surface area contributed by atoms with Gasteiger partial charge in [-0.2, -0.15) is 0 Å². The SMILES string of the molecule is CCCCS(=O)(=O)C(=O)NNC1CCOCC1. The van der Waals surface area contributed by atoms with Crippen molar-refractivity contribution < 1.29 is 17.9 Å². The molecule has 1 aliphatic heterocycles.